The fourth-order valence-corrected chi connectivity index (χ4v) is 4.68. The molecule has 40 heavy (non-hydrogen) atoms. The molecule has 0 radical (unpaired) electrons. The lowest BCUT2D eigenvalue weighted by Crippen LogP contribution is -2.42. The van der Waals surface area contributed by atoms with Crippen molar-refractivity contribution in [2.45, 2.75) is 32.0 Å². The Morgan fingerprint density at radius 2 is 1.75 bits per heavy atom. The highest BCUT2D eigenvalue weighted by Crippen LogP contribution is 2.34. The van der Waals surface area contributed by atoms with Crippen LogP contribution in [0.2, 0.25) is 0 Å². The van der Waals surface area contributed by atoms with Crippen LogP contribution < -0.4 is 10.1 Å². The second kappa shape index (κ2) is 11.0. The van der Waals surface area contributed by atoms with Gasteiger partial charge in [0.25, 0.3) is 5.91 Å². The van der Waals surface area contributed by atoms with E-state index >= 15 is 0 Å². The van der Waals surface area contributed by atoms with E-state index < -0.39 is 29.6 Å². The minimum atomic E-state index is -1.24. The number of methoxy groups -OCH3 is 2. The minimum Gasteiger partial charge on any atom is -0.497 e. The highest BCUT2D eigenvalue weighted by atomic mass is 16.6. The molecule has 5 rings (SSSR count). The summed E-state index contributed by atoms with van der Waals surface area (Å²) >= 11 is 0. The van der Waals surface area contributed by atoms with E-state index in [-0.39, 0.29) is 17.7 Å². The minimum absolute atomic E-state index is 0.0124. The molecule has 3 aromatic carbocycles. The molecule has 1 amide bonds. The zero-order valence-corrected chi connectivity index (χ0v) is 23.0. The molecule has 2 aliphatic heterocycles. The van der Waals surface area contributed by atoms with Gasteiger partial charge in [0.2, 0.25) is 0 Å². The summed E-state index contributed by atoms with van der Waals surface area (Å²) in [6.07, 6.45) is -1.12. The van der Waals surface area contributed by atoms with Crippen molar-refractivity contribution >= 4 is 34.3 Å². The number of hydrogen-bond donors (Lipinski definition) is 1. The number of nitrogens with zero attached hydrogens (tertiary/aromatic N) is 1. The molecule has 2 aliphatic rings. The van der Waals surface area contributed by atoms with Gasteiger partial charge in [-0.05, 0) is 42.3 Å². The number of epoxide rings is 1. The molecule has 3 aromatic rings. The van der Waals surface area contributed by atoms with Crippen molar-refractivity contribution in [3.63, 3.8) is 0 Å². The number of carbonyl (C=O) groups is 3. The van der Waals surface area contributed by atoms with E-state index in [0.29, 0.717) is 23.4 Å². The molecular formula is C31H32N2O7. The Balaban J connectivity index is 1.49. The topological polar surface area (TPSA) is 106 Å². The van der Waals surface area contributed by atoms with Crippen LogP contribution in [0.25, 0.3) is 16.5 Å². The van der Waals surface area contributed by atoms with E-state index in [9.17, 15) is 14.4 Å². The molecule has 0 bridgehead atoms. The first-order valence-corrected chi connectivity index (χ1v) is 13.1. The van der Waals surface area contributed by atoms with Crippen molar-refractivity contribution in [1.82, 2.24) is 10.2 Å². The Labute approximate surface area is 232 Å². The van der Waals surface area contributed by atoms with Crippen LogP contribution in [0, 0.1) is 6.92 Å². The van der Waals surface area contributed by atoms with Crippen LogP contribution in [-0.4, -0.2) is 68.4 Å². The SMILES string of the molecule is COC(=O)/C(NC(=O)C(C[C@@]1(C)CO1)OC(=O)c1cc(OC)cc2c(C)cccc12)=C(\c1ccccc1)N1CC1. The molecule has 0 saturated carbocycles. The lowest BCUT2D eigenvalue weighted by molar-refractivity contribution is -0.139. The van der Waals surface area contributed by atoms with Gasteiger partial charge in [0, 0.05) is 25.1 Å². The number of ether oxygens (including phenoxy) is 4. The van der Waals surface area contributed by atoms with Crippen molar-refractivity contribution in [2.24, 2.45) is 0 Å². The third-order valence-corrected chi connectivity index (χ3v) is 7.12. The standard InChI is InChI=1S/C31H32N2O7/c1-19-9-8-12-22-23(19)15-21(37-3)16-24(22)29(35)40-25(17-31(2)18-39-31)28(34)32-26(30(36)38-4)27(33-13-14-33)20-10-6-5-7-11-20/h5-12,15-16,25H,13-14,17-18H2,1-4H3,(H,32,34)/b27-26-/t25?,31-/m0/s1. The van der Waals surface area contributed by atoms with Gasteiger partial charge in [-0.2, -0.15) is 0 Å². The van der Waals surface area contributed by atoms with Crippen LogP contribution in [0.4, 0.5) is 0 Å². The van der Waals surface area contributed by atoms with Gasteiger partial charge >= 0.3 is 11.9 Å². The Kier molecular flexibility index (Phi) is 7.49. The number of amides is 1. The van der Waals surface area contributed by atoms with Gasteiger partial charge in [-0.15, -0.1) is 0 Å². The largest absolute Gasteiger partial charge is 0.497 e. The van der Waals surface area contributed by atoms with E-state index in [1.165, 1.54) is 14.2 Å². The predicted octanol–water partition coefficient (Wildman–Crippen LogP) is 3.83. The van der Waals surface area contributed by atoms with Crippen LogP contribution >= 0.6 is 0 Å². The summed E-state index contributed by atoms with van der Waals surface area (Å²) < 4.78 is 21.9. The molecule has 1 unspecified atom stereocenters. The van der Waals surface area contributed by atoms with E-state index in [0.717, 1.165) is 29.6 Å². The Morgan fingerprint density at radius 1 is 1.02 bits per heavy atom. The van der Waals surface area contributed by atoms with Gasteiger partial charge in [-0.1, -0.05) is 48.5 Å². The number of aryl methyl sites for hydroxylation is 1. The smallest absolute Gasteiger partial charge is 0.356 e. The number of fused-ring (bicyclic) bond motifs is 1. The fraction of sp³-hybridized carbons (Fsp3) is 0.323. The second-order valence-corrected chi connectivity index (χ2v) is 10.2. The molecule has 0 spiro atoms. The average Bonchev–Trinajstić information content (AvgIpc) is 3.90. The third kappa shape index (κ3) is 5.79. The van der Waals surface area contributed by atoms with Gasteiger partial charge in [-0.25, -0.2) is 9.59 Å². The maximum absolute atomic E-state index is 13.7. The van der Waals surface area contributed by atoms with Crippen LogP contribution in [0.1, 0.15) is 34.8 Å². The Morgan fingerprint density at radius 3 is 2.38 bits per heavy atom. The zero-order valence-electron chi connectivity index (χ0n) is 23.0. The molecule has 2 atom stereocenters. The molecule has 208 valence electrons. The Hall–Kier alpha value is -4.37. The molecule has 2 saturated heterocycles. The summed E-state index contributed by atoms with van der Waals surface area (Å²) in [6.45, 7) is 5.67. The van der Waals surface area contributed by atoms with Crippen LogP contribution in [-0.2, 0) is 23.8 Å². The summed E-state index contributed by atoms with van der Waals surface area (Å²) in [5, 5.41) is 4.25. The first-order chi connectivity index (χ1) is 19.2. The van der Waals surface area contributed by atoms with E-state index in [1.807, 2.05) is 73.3 Å². The second-order valence-electron chi connectivity index (χ2n) is 10.2. The summed E-state index contributed by atoms with van der Waals surface area (Å²) in [5.74, 6) is -1.54. The van der Waals surface area contributed by atoms with E-state index in [4.69, 9.17) is 18.9 Å². The van der Waals surface area contributed by atoms with Gasteiger partial charge < -0.3 is 29.2 Å². The summed E-state index contributed by atoms with van der Waals surface area (Å²) in [5.41, 5.74) is 1.92. The summed E-state index contributed by atoms with van der Waals surface area (Å²) in [6, 6.07) is 18.4. The highest BCUT2D eigenvalue weighted by molar-refractivity contribution is 6.07. The quantitative estimate of drug-likeness (QED) is 0.233. The number of nitrogens with one attached hydrogen (secondary N) is 1. The van der Waals surface area contributed by atoms with Crippen molar-refractivity contribution in [1.29, 1.82) is 0 Å². The molecule has 9 nitrogen and oxygen atoms in total. The highest BCUT2D eigenvalue weighted by Gasteiger charge is 2.45. The predicted molar refractivity (Wildman–Crippen MR) is 149 cm³/mol. The fourth-order valence-electron chi connectivity index (χ4n) is 4.68. The molecule has 1 N–H and O–H groups in total. The number of hydrogen-bond acceptors (Lipinski definition) is 8. The molecule has 2 fully saturated rings. The van der Waals surface area contributed by atoms with Crippen LogP contribution in [0.15, 0.2) is 66.4 Å². The number of benzene rings is 3. The molecular weight excluding hydrogens is 512 g/mol. The molecule has 0 aliphatic carbocycles. The first-order valence-electron chi connectivity index (χ1n) is 13.1. The number of carbonyl (C=O) groups excluding carboxylic acids is 3. The van der Waals surface area contributed by atoms with E-state index in [2.05, 4.69) is 5.32 Å². The van der Waals surface area contributed by atoms with Crippen LogP contribution in [0.5, 0.6) is 5.75 Å². The average molecular weight is 545 g/mol. The van der Waals surface area contributed by atoms with Crippen molar-refractivity contribution in [3.8, 4) is 5.75 Å². The molecule has 9 heteroatoms. The first kappa shape index (κ1) is 27.2. The third-order valence-electron chi connectivity index (χ3n) is 7.12. The summed E-state index contributed by atoms with van der Waals surface area (Å²) in [7, 11) is 2.78. The lowest BCUT2D eigenvalue weighted by Gasteiger charge is -2.22. The van der Waals surface area contributed by atoms with Gasteiger partial charge in [0.05, 0.1) is 37.7 Å². The Bertz CT molecular complexity index is 1490. The zero-order chi connectivity index (χ0) is 28.4. The van der Waals surface area contributed by atoms with Crippen molar-refractivity contribution < 1.29 is 33.3 Å². The van der Waals surface area contributed by atoms with E-state index in [1.54, 1.807) is 6.07 Å². The monoisotopic (exact) mass is 544 g/mol. The number of esters is 2. The van der Waals surface area contributed by atoms with Gasteiger partial charge in [-0.3, -0.25) is 4.79 Å². The van der Waals surface area contributed by atoms with Crippen molar-refractivity contribution in [2.75, 3.05) is 33.9 Å². The normalized spacial score (nSPS) is 18.9. The van der Waals surface area contributed by atoms with Gasteiger partial charge in [0.1, 0.15) is 5.75 Å². The maximum atomic E-state index is 13.7. The lowest BCUT2D eigenvalue weighted by atomic mass is 10.00. The van der Waals surface area contributed by atoms with Crippen molar-refractivity contribution in [3.05, 3.63) is 83.1 Å². The van der Waals surface area contributed by atoms with Crippen LogP contribution in [0.3, 0.4) is 0 Å². The molecule has 2 heterocycles. The number of rotatable bonds is 10. The maximum Gasteiger partial charge on any atom is 0.356 e. The molecule has 0 aromatic heterocycles. The summed E-state index contributed by atoms with van der Waals surface area (Å²) in [4.78, 5) is 42.2. The van der Waals surface area contributed by atoms with Gasteiger partial charge in [0.15, 0.2) is 11.8 Å².